The van der Waals surface area contributed by atoms with Crippen molar-refractivity contribution in [3.63, 3.8) is 0 Å². The van der Waals surface area contributed by atoms with Crippen molar-refractivity contribution < 1.29 is 0 Å². The molecule has 0 heterocycles. The monoisotopic (exact) mass is 353 g/mol. The van der Waals surface area contributed by atoms with Gasteiger partial charge in [0.1, 0.15) is 0 Å². The van der Waals surface area contributed by atoms with E-state index in [0.717, 1.165) is 6.54 Å². The van der Waals surface area contributed by atoms with Gasteiger partial charge in [0.15, 0.2) is 0 Å². The minimum atomic E-state index is 0.367. The number of hydrogen-bond donors (Lipinski definition) is 1. The Morgan fingerprint density at radius 2 is 1.63 bits per heavy atom. The maximum Gasteiger partial charge on any atom is 0.0410 e. The molecule has 0 saturated carbocycles. The number of benzene rings is 3. The largest absolute Gasteiger partial charge is 0.381 e. The quantitative estimate of drug-likeness (QED) is 0.533. The summed E-state index contributed by atoms with van der Waals surface area (Å²) < 4.78 is 0. The molecule has 0 saturated heterocycles. The summed E-state index contributed by atoms with van der Waals surface area (Å²) in [5.41, 5.74) is 9.34. The molecule has 0 bridgehead atoms. The van der Waals surface area contributed by atoms with Gasteiger partial charge < -0.3 is 5.32 Å². The molecule has 136 valence electrons. The minimum Gasteiger partial charge on any atom is -0.381 e. The van der Waals surface area contributed by atoms with Crippen LogP contribution < -0.4 is 5.32 Å². The van der Waals surface area contributed by atoms with Crippen LogP contribution in [-0.4, -0.2) is 0 Å². The molecule has 0 aromatic heterocycles. The lowest BCUT2D eigenvalue weighted by atomic mass is 9.90. The van der Waals surface area contributed by atoms with Crippen LogP contribution in [0.5, 0.6) is 0 Å². The first kappa shape index (κ1) is 17.6. The van der Waals surface area contributed by atoms with Crippen LogP contribution >= 0.6 is 0 Å². The minimum absolute atomic E-state index is 0.367. The number of fused-ring (bicyclic) bond motifs is 1. The first-order valence-corrected chi connectivity index (χ1v) is 9.72. The van der Waals surface area contributed by atoms with Gasteiger partial charge in [-0.15, -0.1) is 0 Å². The lowest BCUT2D eigenvalue weighted by Gasteiger charge is -2.19. The van der Waals surface area contributed by atoms with E-state index in [-0.39, 0.29) is 0 Å². The molecular weight excluding hydrogens is 326 g/mol. The Morgan fingerprint density at radius 3 is 2.33 bits per heavy atom. The first-order valence-electron chi connectivity index (χ1n) is 9.72. The van der Waals surface area contributed by atoms with E-state index >= 15 is 0 Å². The molecule has 3 aromatic carbocycles. The fraction of sp³-hybridized carbons (Fsp3) is 0.231. The van der Waals surface area contributed by atoms with Crippen molar-refractivity contribution in [3.8, 4) is 0 Å². The second-order valence-corrected chi connectivity index (χ2v) is 7.78. The van der Waals surface area contributed by atoms with Crippen molar-refractivity contribution in [2.75, 3.05) is 5.32 Å². The Balaban J connectivity index is 1.77. The third kappa shape index (κ3) is 3.42. The van der Waals surface area contributed by atoms with Gasteiger partial charge in [0.05, 0.1) is 0 Å². The van der Waals surface area contributed by atoms with Crippen LogP contribution in [0.4, 0.5) is 5.69 Å². The van der Waals surface area contributed by atoms with E-state index in [9.17, 15) is 0 Å². The maximum absolute atomic E-state index is 3.75. The van der Waals surface area contributed by atoms with Crippen LogP contribution in [0.1, 0.15) is 40.7 Å². The standard InChI is InChI=1S/C26H27N/c1-17-9-10-22(15-17)24-12-11-21-7-5-6-8-23(21)25(24)16-27-26-19(3)13-18(2)14-20(26)4/h5-15,22,27H,16H2,1-4H3. The molecule has 4 rings (SSSR count). The van der Waals surface area contributed by atoms with Crippen LogP contribution in [0, 0.1) is 20.8 Å². The smallest absolute Gasteiger partial charge is 0.0410 e. The van der Waals surface area contributed by atoms with Crippen molar-refractivity contribution in [2.45, 2.75) is 40.2 Å². The van der Waals surface area contributed by atoms with Gasteiger partial charge in [-0.3, -0.25) is 0 Å². The molecule has 1 atom stereocenters. The molecular formula is C26H27N. The highest BCUT2D eigenvalue weighted by Gasteiger charge is 2.16. The zero-order chi connectivity index (χ0) is 19.0. The van der Waals surface area contributed by atoms with Crippen LogP contribution in [0.3, 0.4) is 0 Å². The number of hydrogen-bond acceptors (Lipinski definition) is 1. The van der Waals surface area contributed by atoms with Gasteiger partial charge in [0, 0.05) is 18.2 Å². The summed E-state index contributed by atoms with van der Waals surface area (Å²) >= 11 is 0. The summed E-state index contributed by atoms with van der Waals surface area (Å²) in [4.78, 5) is 0. The van der Waals surface area contributed by atoms with Gasteiger partial charge in [0.2, 0.25) is 0 Å². The van der Waals surface area contributed by atoms with Crippen molar-refractivity contribution in [2.24, 2.45) is 0 Å². The lowest BCUT2D eigenvalue weighted by molar-refractivity contribution is 1.03. The van der Waals surface area contributed by atoms with Crippen molar-refractivity contribution in [1.82, 2.24) is 0 Å². The predicted octanol–water partition coefficient (Wildman–Crippen LogP) is 6.98. The molecule has 0 spiro atoms. The molecule has 3 aromatic rings. The molecule has 27 heavy (non-hydrogen) atoms. The molecule has 1 unspecified atom stereocenters. The Labute approximate surface area is 162 Å². The molecule has 1 N–H and O–H groups in total. The van der Waals surface area contributed by atoms with E-state index in [1.807, 2.05) is 0 Å². The number of aryl methyl sites for hydroxylation is 3. The van der Waals surface area contributed by atoms with E-state index in [0.29, 0.717) is 5.92 Å². The maximum atomic E-state index is 3.75. The van der Waals surface area contributed by atoms with Crippen molar-refractivity contribution in [1.29, 1.82) is 0 Å². The second-order valence-electron chi connectivity index (χ2n) is 7.78. The van der Waals surface area contributed by atoms with Gasteiger partial charge in [-0.25, -0.2) is 0 Å². The second kappa shape index (κ2) is 7.08. The first-order chi connectivity index (χ1) is 13.0. The predicted molar refractivity (Wildman–Crippen MR) is 118 cm³/mol. The summed E-state index contributed by atoms with van der Waals surface area (Å²) in [6.45, 7) is 9.55. The Bertz CT molecular complexity index is 1050. The lowest BCUT2D eigenvalue weighted by Crippen LogP contribution is -2.08. The summed E-state index contributed by atoms with van der Waals surface area (Å²) in [7, 11) is 0. The van der Waals surface area contributed by atoms with Crippen LogP contribution in [0.2, 0.25) is 0 Å². The highest BCUT2D eigenvalue weighted by Crippen LogP contribution is 2.34. The normalized spacial score (nSPS) is 16.0. The topological polar surface area (TPSA) is 12.0 Å². The van der Waals surface area contributed by atoms with Gasteiger partial charge >= 0.3 is 0 Å². The zero-order valence-electron chi connectivity index (χ0n) is 16.6. The van der Waals surface area contributed by atoms with E-state index in [4.69, 9.17) is 0 Å². The van der Waals surface area contributed by atoms with Gasteiger partial charge in [-0.1, -0.05) is 77.9 Å². The van der Waals surface area contributed by atoms with Gasteiger partial charge in [-0.2, -0.15) is 0 Å². The van der Waals surface area contributed by atoms with Crippen molar-refractivity contribution >= 4 is 16.5 Å². The van der Waals surface area contributed by atoms with Crippen LogP contribution in [-0.2, 0) is 6.54 Å². The van der Waals surface area contributed by atoms with Gasteiger partial charge in [0.25, 0.3) is 0 Å². The van der Waals surface area contributed by atoms with E-state index in [2.05, 4.69) is 99.8 Å². The number of allylic oxidation sites excluding steroid dienone is 4. The Morgan fingerprint density at radius 1 is 0.889 bits per heavy atom. The summed E-state index contributed by atoms with van der Waals surface area (Å²) in [5, 5.41) is 6.39. The summed E-state index contributed by atoms with van der Waals surface area (Å²) in [5.74, 6) is 0.367. The van der Waals surface area contributed by atoms with Crippen LogP contribution in [0.25, 0.3) is 10.8 Å². The molecule has 0 radical (unpaired) electrons. The molecule has 1 nitrogen and oxygen atoms in total. The highest BCUT2D eigenvalue weighted by molar-refractivity contribution is 5.87. The van der Waals surface area contributed by atoms with E-state index < -0.39 is 0 Å². The molecule has 1 aliphatic rings. The Hall–Kier alpha value is -2.80. The molecule has 1 aliphatic carbocycles. The number of nitrogens with one attached hydrogen (secondary N) is 1. The van der Waals surface area contributed by atoms with E-state index in [1.54, 1.807) is 0 Å². The average Bonchev–Trinajstić information content (AvgIpc) is 3.07. The average molecular weight is 354 g/mol. The molecule has 1 heteroatoms. The molecule has 0 amide bonds. The SMILES string of the molecule is CC1=CC(c2ccc3ccccc3c2CNc2c(C)cc(C)cc2C)C=C1. The number of anilines is 1. The van der Waals surface area contributed by atoms with E-state index in [1.165, 1.54) is 49.9 Å². The fourth-order valence-corrected chi connectivity index (χ4v) is 4.34. The van der Waals surface area contributed by atoms with Crippen molar-refractivity contribution in [3.05, 3.63) is 100 Å². The van der Waals surface area contributed by atoms with Crippen LogP contribution in [0.15, 0.2) is 72.3 Å². The summed E-state index contributed by atoms with van der Waals surface area (Å²) in [6.07, 6.45) is 6.90. The fourth-order valence-electron chi connectivity index (χ4n) is 4.34. The number of rotatable bonds is 4. The summed E-state index contributed by atoms with van der Waals surface area (Å²) in [6, 6.07) is 17.8. The Kier molecular flexibility index (Phi) is 4.61. The third-order valence-corrected chi connectivity index (χ3v) is 5.56. The third-order valence-electron chi connectivity index (χ3n) is 5.56. The highest BCUT2D eigenvalue weighted by atomic mass is 14.9. The molecule has 0 fully saturated rings. The van der Waals surface area contributed by atoms with Gasteiger partial charge in [-0.05, 0) is 60.7 Å². The zero-order valence-corrected chi connectivity index (χ0v) is 16.6. The molecule has 0 aliphatic heterocycles.